The quantitative estimate of drug-likeness (QED) is 0.705. The van der Waals surface area contributed by atoms with Gasteiger partial charge in [0.05, 0.1) is 6.61 Å². The summed E-state index contributed by atoms with van der Waals surface area (Å²) in [6, 6.07) is 15.6. The van der Waals surface area contributed by atoms with E-state index < -0.39 is 0 Å². The third kappa shape index (κ3) is 5.00. The van der Waals surface area contributed by atoms with Crippen LogP contribution in [0.3, 0.4) is 0 Å². The lowest BCUT2D eigenvalue weighted by Gasteiger charge is -2.12. The molecule has 0 atom stereocenters. The van der Waals surface area contributed by atoms with Gasteiger partial charge in [0.2, 0.25) is 0 Å². The van der Waals surface area contributed by atoms with E-state index in [1.807, 2.05) is 55.5 Å². The van der Waals surface area contributed by atoms with Crippen molar-refractivity contribution in [2.24, 2.45) is 0 Å². The average Bonchev–Trinajstić information content (AvgIpc) is 2.47. The molecule has 0 radical (unpaired) electrons. The Morgan fingerprint density at radius 1 is 1.00 bits per heavy atom. The van der Waals surface area contributed by atoms with E-state index in [1.165, 1.54) is 0 Å². The van der Waals surface area contributed by atoms with Gasteiger partial charge in [0.25, 0.3) is 0 Å². The third-order valence-electron chi connectivity index (χ3n) is 2.78. The van der Waals surface area contributed by atoms with Crippen molar-refractivity contribution in [3.05, 3.63) is 64.1 Å². The van der Waals surface area contributed by atoms with E-state index >= 15 is 0 Å². The van der Waals surface area contributed by atoms with E-state index in [0.29, 0.717) is 24.7 Å². The molecule has 4 heteroatoms. The fourth-order valence-corrected chi connectivity index (χ4v) is 2.12. The monoisotopic (exact) mass is 322 g/mol. The Kier molecular flexibility index (Phi) is 5.97. The van der Waals surface area contributed by atoms with Gasteiger partial charge in [-0.2, -0.15) is 0 Å². The number of rotatable bonds is 6. The Balaban J connectivity index is 2.16. The predicted octanol–water partition coefficient (Wildman–Crippen LogP) is 5.44. The van der Waals surface area contributed by atoms with Crippen molar-refractivity contribution in [3.8, 4) is 11.5 Å². The number of hydrogen-bond donors (Lipinski definition) is 0. The van der Waals surface area contributed by atoms with Gasteiger partial charge in [-0.1, -0.05) is 59.6 Å². The SMILES string of the molecule is CCOc1cc(C=C(Cl)Cl)ccc1OCc1ccccc1. The second kappa shape index (κ2) is 7.96. The average molecular weight is 323 g/mol. The second-order valence-electron chi connectivity index (χ2n) is 4.35. The Labute approximate surface area is 134 Å². The first-order chi connectivity index (χ1) is 10.2. The lowest BCUT2D eigenvalue weighted by molar-refractivity contribution is 0.269. The minimum atomic E-state index is 0.204. The summed E-state index contributed by atoms with van der Waals surface area (Å²) in [6.45, 7) is 2.98. The van der Waals surface area contributed by atoms with Crippen LogP contribution >= 0.6 is 23.2 Å². The molecule has 0 unspecified atom stereocenters. The molecule has 0 aromatic heterocycles. The zero-order chi connectivity index (χ0) is 15.1. The van der Waals surface area contributed by atoms with Crippen LogP contribution in [-0.4, -0.2) is 6.61 Å². The highest BCUT2D eigenvalue weighted by Gasteiger charge is 2.06. The second-order valence-corrected chi connectivity index (χ2v) is 5.36. The van der Waals surface area contributed by atoms with Crippen LogP contribution in [-0.2, 0) is 6.61 Å². The highest BCUT2D eigenvalue weighted by atomic mass is 35.5. The van der Waals surface area contributed by atoms with Crippen LogP contribution in [0.1, 0.15) is 18.1 Å². The van der Waals surface area contributed by atoms with Gasteiger partial charge in [-0.05, 0) is 36.3 Å². The lowest BCUT2D eigenvalue weighted by Crippen LogP contribution is -1.99. The molecule has 110 valence electrons. The van der Waals surface area contributed by atoms with E-state index in [4.69, 9.17) is 32.7 Å². The maximum absolute atomic E-state index is 5.82. The Hall–Kier alpha value is -1.64. The van der Waals surface area contributed by atoms with Crippen LogP contribution in [0, 0.1) is 0 Å². The van der Waals surface area contributed by atoms with Crippen LogP contribution < -0.4 is 9.47 Å². The van der Waals surface area contributed by atoms with Crippen molar-refractivity contribution < 1.29 is 9.47 Å². The minimum absolute atomic E-state index is 0.204. The molecular formula is C17H16Cl2O2. The molecule has 0 heterocycles. The van der Waals surface area contributed by atoms with Gasteiger partial charge >= 0.3 is 0 Å². The van der Waals surface area contributed by atoms with Crippen molar-refractivity contribution in [1.29, 1.82) is 0 Å². The summed E-state index contributed by atoms with van der Waals surface area (Å²) < 4.78 is 11.6. The maximum Gasteiger partial charge on any atom is 0.161 e. The van der Waals surface area contributed by atoms with Gasteiger partial charge in [0.15, 0.2) is 11.5 Å². The zero-order valence-electron chi connectivity index (χ0n) is 11.7. The molecule has 0 amide bonds. The summed E-state index contributed by atoms with van der Waals surface area (Å²) >= 11 is 11.4. The molecule has 0 N–H and O–H groups in total. The smallest absolute Gasteiger partial charge is 0.161 e. The molecule has 0 bridgehead atoms. The van der Waals surface area contributed by atoms with Gasteiger partial charge in [-0.3, -0.25) is 0 Å². The molecule has 0 fully saturated rings. The fourth-order valence-electron chi connectivity index (χ4n) is 1.86. The van der Waals surface area contributed by atoms with Gasteiger partial charge in [-0.25, -0.2) is 0 Å². The van der Waals surface area contributed by atoms with Crippen molar-refractivity contribution in [1.82, 2.24) is 0 Å². The summed E-state index contributed by atoms with van der Waals surface area (Å²) in [4.78, 5) is 0. The number of ether oxygens (including phenoxy) is 2. The minimum Gasteiger partial charge on any atom is -0.490 e. The summed E-state index contributed by atoms with van der Waals surface area (Å²) in [5, 5.41) is 0. The maximum atomic E-state index is 5.82. The summed E-state index contributed by atoms with van der Waals surface area (Å²) in [6.07, 6.45) is 1.66. The van der Waals surface area contributed by atoms with Gasteiger partial charge in [0.1, 0.15) is 11.1 Å². The fraction of sp³-hybridized carbons (Fsp3) is 0.176. The van der Waals surface area contributed by atoms with Crippen molar-refractivity contribution in [2.45, 2.75) is 13.5 Å². The van der Waals surface area contributed by atoms with Crippen molar-refractivity contribution in [3.63, 3.8) is 0 Å². The Morgan fingerprint density at radius 3 is 2.43 bits per heavy atom. The molecule has 2 aromatic rings. The molecule has 2 nitrogen and oxygen atoms in total. The van der Waals surface area contributed by atoms with Crippen LogP contribution in [0.15, 0.2) is 53.0 Å². The third-order valence-corrected chi connectivity index (χ3v) is 3.00. The van der Waals surface area contributed by atoms with E-state index in [2.05, 4.69) is 0 Å². The molecule has 0 aliphatic rings. The molecule has 0 saturated carbocycles. The van der Waals surface area contributed by atoms with Gasteiger partial charge in [0, 0.05) is 0 Å². The number of benzene rings is 2. The molecule has 0 aliphatic heterocycles. The zero-order valence-corrected chi connectivity index (χ0v) is 13.2. The van der Waals surface area contributed by atoms with E-state index in [-0.39, 0.29) is 4.49 Å². The Bertz CT molecular complexity index is 605. The normalized spacial score (nSPS) is 10.0. The van der Waals surface area contributed by atoms with Crippen LogP contribution in [0.25, 0.3) is 6.08 Å². The number of halogens is 2. The van der Waals surface area contributed by atoms with Gasteiger partial charge in [-0.15, -0.1) is 0 Å². The van der Waals surface area contributed by atoms with E-state index in [1.54, 1.807) is 6.08 Å². The first-order valence-electron chi connectivity index (χ1n) is 6.65. The molecule has 0 saturated heterocycles. The van der Waals surface area contributed by atoms with Crippen molar-refractivity contribution >= 4 is 29.3 Å². The molecule has 0 spiro atoms. The number of hydrogen-bond acceptors (Lipinski definition) is 2. The summed E-state index contributed by atoms with van der Waals surface area (Å²) in [5.41, 5.74) is 1.97. The first kappa shape index (κ1) is 15.7. The first-order valence-corrected chi connectivity index (χ1v) is 7.41. The van der Waals surface area contributed by atoms with Gasteiger partial charge < -0.3 is 9.47 Å². The molecular weight excluding hydrogens is 307 g/mol. The van der Waals surface area contributed by atoms with E-state index in [0.717, 1.165) is 11.1 Å². The molecule has 0 aliphatic carbocycles. The van der Waals surface area contributed by atoms with Crippen LogP contribution in [0.4, 0.5) is 0 Å². The van der Waals surface area contributed by atoms with Crippen LogP contribution in [0.5, 0.6) is 11.5 Å². The largest absolute Gasteiger partial charge is 0.490 e. The molecule has 2 rings (SSSR count). The standard InChI is InChI=1S/C17H16Cl2O2/c1-2-20-16-10-14(11-17(18)19)8-9-15(16)21-12-13-6-4-3-5-7-13/h3-11H,2,12H2,1H3. The molecule has 21 heavy (non-hydrogen) atoms. The summed E-state index contributed by atoms with van der Waals surface area (Å²) in [7, 11) is 0. The molecule has 2 aromatic carbocycles. The van der Waals surface area contributed by atoms with Crippen LogP contribution in [0.2, 0.25) is 0 Å². The van der Waals surface area contributed by atoms with E-state index in [9.17, 15) is 0 Å². The highest BCUT2D eigenvalue weighted by Crippen LogP contribution is 2.30. The highest BCUT2D eigenvalue weighted by molar-refractivity contribution is 6.57. The summed E-state index contributed by atoms with van der Waals surface area (Å²) in [5.74, 6) is 1.38. The van der Waals surface area contributed by atoms with Crippen molar-refractivity contribution in [2.75, 3.05) is 6.61 Å². The topological polar surface area (TPSA) is 18.5 Å². The predicted molar refractivity (Wildman–Crippen MR) is 88.1 cm³/mol. The lowest BCUT2D eigenvalue weighted by atomic mass is 10.2. The Morgan fingerprint density at radius 2 is 1.76 bits per heavy atom.